The number of hydrogen-bond acceptors (Lipinski definition) is 4. The molecule has 1 unspecified atom stereocenters. The van der Waals surface area contributed by atoms with Crippen LogP contribution < -0.4 is 0 Å². The van der Waals surface area contributed by atoms with E-state index in [0.29, 0.717) is 19.8 Å². The van der Waals surface area contributed by atoms with Crippen LogP contribution in [-0.2, 0) is 14.2 Å². The summed E-state index contributed by atoms with van der Waals surface area (Å²) in [5, 5.41) is 8.57. The van der Waals surface area contributed by atoms with Gasteiger partial charge in [-0.1, -0.05) is 6.92 Å². The average molecular weight is 201 g/mol. The van der Waals surface area contributed by atoms with Crippen LogP contribution in [0.1, 0.15) is 19.8 Å². The molecule has 0 amide bonds. The van der Waals surface area contributed by atoms with E-state index in [1.165, 1.54) is 0 Å². The second kappa shape index (κ2) is 10.5. The minimum absolute atomic E-state index is 0.294. The summed E-state index contributed by atoms with van der Waals surface area (Å²) in [5.41, 5.74) is 0. The van der Waals surface area contributed by atoms with Gasteiger partial charge in [0.25, 0.3) is 0 Å². The lowest BCUT2D eigenvalue weighted by molar-refractivity contribution is 0.0198. The lowest BCUT2D eigenvalue weighted by Gasteiger charge is -2.08. The van der Waals surface area contributed by atoms with Crippen molar-refractivity contribution in [2.45, 2.75) is 25.9 Å². The summed E-state index contributed by atoms with van der Waals surface area (Å²) in [6, 6.07) is 2.07. The summed E-state index contributed by atoms with van der Waals surface area (Å²) in [7, 11) is 1.67. The lowest BCUT2D eigenvalue weighted by Crippen LogP contribution is -2.14. The molecule has 0 aliphatic carbocycles. The van der Waals surface area contributed by atoms with Crippen LogP contribution in [0.5, 0.6) is 0 Å². The van der Waals surface area contributed by atoms with Crippen LogP contribution >= 0.6 is 0 Å². The Bertz CT molecular complexity index is 156. The molecule has 1 atom stereocenters. The van der Waals surface area contributed by atoms with Crippen LogP contribution in [0.25, 0.3) is 0 Å². The van der Waals surface area contributed by atoms with Gasteiger partial charge < -0.3 is 14.2 Å². The van der Waals surface area contributed by atoms with Gasteiger partial charge in [0.05, 0.1) is 19.3 Å². The van der Waals surface area contributed by atoms with Crippen molar-refractivity contribution < 1.29 is 14.2 Å². The van der Waals surface area contributed by atoms with E-state index in [1.54, 1.807) is 7.11 Å². The second-order valence-corrected chi connectivity index (χ2v) is 2.86. The largest absolute Gasteiger partial charge is 0.385 e. The molecule has 0 bridgehead atoms. The first-order chi connectivity index (χ1) is 6.85. The van der Waals surface area contributed by atoms with Crippen molar-refractivity contribution in [2.24, 2.45) is 0 Å². The van der Waals surface area contributed by atoms with Gasteiger partial charge in [0.15, 0.2) is 0 Å². The van der Waals surface area contributed by atoms with Gasteiger partial charge in [0.1, 0.15) is 6.10 Å². The molecule has 0 spiro atoms. The van der Waals surface area contributed by atoms with E-state index in [1.807, 2.05) is 6.92 Å². The van der Waals surface area contributed by atoms with E-state index in [4.69, 9.17) is 19.5 Å². The van der Waals surface area contributed by atoms with Crippen molar-refractivity contribution in [1.82, 2.24) is 0 Å². The third-order valence-corrected chi connectivity index (χ3v) is 1.70. The molecular weight excluding hydrogens is 182 g/mol. The Labute approximate surface area is 85.8 Å². The average Bonchev–Trinajstić information content (AvgIpc) is 2.22. The summed E-state index contributed by atoms with van der Waals surface area (Å²) in [4.78, 5) is 0. The van der Waals surface area contributed by atoms with Crippen molar-refractivity contribution in [2.75, 3.05) is 33.5 Å². The molecule has 0 N–H and O–H groups in total. The van der Waals surface area contributed by atoms with E-state index < -0.39 is 0 Å². The Morgan fingerprint density at radius 3 is 2.57 bits per heavy atom. The molecule has 0 radical (unpaired) electrons. The zero-order valence-electron chi connectivity index (χ0n) is 8.99. The van der Waals surface area contributed by atoms with E-state index in [0.717, 1.165) is 19.4 Å². The number of rotatable bonds is 9. The molecule has 0 heterocycles. The van der Waals surface area contributed by atoms with Crippen LogP contribution in [0.3, 0.4) is 0 Å². The fraction of sp³-hybridized carbons (Fsp3) is 0.900. The molecule has 0 aromatic carbocycles. The maximum Gasteiger partial charge on any atom is 0.143 e. The summed E-state index contributed by atoms with van der Waals surface area (Å²) < 4.78 is 15.4. The summed E-state index contributed by atoms with van der Waals surface area (Å²) in [6.45, 7) is 4.35. The first-order valence-electron chi connectivity index (χ1n) is 4.93. The maximum absolute atomic E-state index is 8.57. The van der Waals surface area contributed by atoms with Gasteiger partial charge in [0, 0.05) is 20.3 Å². The van der Waals surface area contributed by atoms with Crippen molar-refractivity contribution in [1.29, 1.82) is 5.26 Å². The van der Waals surface area contributed by atoms with Crippen LogP contribution in [0.4, 0.5) is 0 Å². The fourth-order valence-electron chi connectivity index (χ4n) is 0.903. The predicted molar refractivity (Wildman–Crippen MR) is 53.0 cm³/mol. The Morgan fingerprint density at radius 2 is 2.00 bits per heavy atom. The van der Waals surface area contributed by atoms with Crippen molar-refractivity contribution in [3.63, 3.8) is 0 Å². The third kappa shape index (κ3) is 7.99. The molecule has 4 nitrogen and oxygen atoms in total. The van der Waals surface area contributed by atoms with Gasteiger partial charge in [-0.05, 0) is 12.8 Å². The molecule has 0 aromatic rings. The molecule has 0 rings (SSSR count). The number of nitrogens with zero attached hydrogens (tertiary/aromatic N) is 1. The summed E-state index contributed by atoms with van der Waals surface area (Å²) in [5.74, 6) is 0. The second-order valence-electron chi connectivity index (χ2n) is 2.86. The van der Waals surface area contributed by atoms with E-state index in [2.05, 4.69) is 6.07 Å². The number of ether oxygens (including phenoxy) is 3. The van der Waals surface area contributed by atoms with Crippen molar-refractivity contribution in [3.8, 4) is 6.07 Å². The first-order valence-corrected chi connectivity index (χ1v) is 4.93. The van der Waals surface area contributed by atoms with Gasteiger partial charge in [-0.2, -0.15) is 5.26 Å². The quantitative estimate of drug-likeness (QED) is 0.528. The molecule has 0 aromatic heterocycles. The van der Waals surface area contributed by atoms with Crippen LogP contribution in [0.15, 0.2) is 0 Å². The highest BCUT2D eigenvalue weighted by Crippen LogP contribution is 1.95. The van der Waals surface area contributed by atoms with Gasteiger partial charge in [-0.25, -0.2) is 0 Å². The molecule has 0 fully saturated rings. The minimum atomic E-state index is -0.294. The Morgan fingerprint density at radius 1 is 1.21 bits per heavy atom. The Balaban J connectivity index is 3.09. The summed E-state index contributed by atoms with van der Waals surface area (Å²) in [6.07, 6.45) is 1.32. The van der Waals surface area contributed by atoms with Crippen molar-refractivity contribution >= 4 is 0 Å². The molecular formula is C10H19NO3. The fourth-order valence-corrected chi connectivity index (χ4v) is 0.903. The van der Waals surface area contributed by atoms with Crippen LogP contribution in [-0.4, -0.2) is 39.6 Å². The standard InChI is InChI=1S/C10H19NO3/c1-3-10(9-11)14-8-7-13-6-4-5-12-2/h10H,3-8H2,1-2H3. The topological polar surface area (TPSA) is 51.5 Å². The highest BCUT2D eigenvalue weighted by molar-refractivity contribution is 4.82. The molecule has 82 valence electrons. The SMILES string of the molecule is CCC(C#N)OCCOCCCOC. The molecule has 14 heavy (non-hydrogen) atoms. The normalized spacial score (nSPS) is 12.4. The van der Waals surface area contributed by atoms with Crippen LogP contribution in [0.2, 0.25) is 0 Å². The molecule has 4 heteroatoms. The Kier molecular flexibility index (Phi) is 9.98. The molecule has 0 saturated heterocycles. The zero-order chi connectivity index (χ0) is 10.6. The predicted octanol–water partition coefficient (Wildman–Crippen LogP) is 1.36. The lowest BCUT2D eigenvalue weighted by atomic mass is 10.3. The smallest absolute Gasteiger partial charge is 0.143 e. The monoisotopic (exact) mass is 201 g/mol. The zero-order valence-corrected chi connectivity index (χ0v) is 8.99. The number of nitriles is 1. The van der Waals surface area contributed by atoms with Crippen LogP contribution in [0, 0.1) is 11.3 Å². The van der Waals surface area contributed by atoms with E-state index >= 15 is 0 Å². The first kappa shape index (κ1) is 13.4. The maximum atomic E-state index is 8.57. The molecule has 0 aliphatic rings. The molecule has 0 saturated carbocycles. The highest BCUT2D eigenvalue weighted by atomic mass is 16.5. The van der Waals surface area contributed by atoms with E-state index in [9.17, 15) is 0 Å². The van der Waals surface area contributed by atoms with E-state index in [-0.39, 0.29) is 6.10 Å². The highest BCUT2D eigenvalue weighted by Gasteiger charge is 2.02. The minimum Gasteiger partial charge on any atom is -0.385 e. The summed E-state index contributed by atoms with van der Waals surface area (Å²) >= 11 is 0. The van der Waals surface area contributed by atoms with Crippen molar-refractivity contribution in [3.05, 3.63) is 0 Å². The third-order valence-electron chi connectivity index (χ3n) is 1.70. The van der Waals surface area contributed by atoms with Gasteiger partial charge in [-0.15, -0.1) is 0 Å². The number of hydrogen-bond donors (Lipinski definition) is 0. The molecule has 0 aliphatic heterocycles. The number of methoxy groups -OCH3 is 1. The van der Waals surface area contributed by atoms with Gasteiger partial charge >= 0.3 is 0 Å². The van der Waals surface area contributed by atoms with Gasteiger partial charge in [0.2, 0.25) is 0 Å². The Hall–Kier alpha value is -0.630. The van der Waals surface area contributed by atoms with Gasteiger partial charge in [-0.3, -0.25) is 0 Å².